The molecular formula is C18H22N2O2. The average Bonchev–Trinajstić information content (AvgIpc) is 2.56. The van der Waals surface area contributed by atoms with E-state index in [1.807, 2.05) is 36.5 Å². The van der Waals surface area contributed by atoms with Crippen LogP contribution in [-0.2, 0) is 13.1 Å². The first-order chi connectivity index (χ1) is 10.7. The summed E-state index contributed by atoms with van der Waals surface area (Å²) >= 11 is 0. The summed E-state index contributed by atoms with van der Waals surface area (Å²) in [6.45, 7) is 6.29. The molecule has 116 valence electrons. The highest BCUT2D eigenvalue weighted by Crippen LogP contribution is 2.16. The highest BCUT2D eigenvalue weighted by Gasteiger charge is 2.07. The molecule has 1 aromatic carbocycles. The number of hydrogen-bond acceptors (Lipinski definition) is 4. The molecule has 0 radical (unpaired) electrons. The standard InChI is InChI=1S/C18H22N2O2/c1-4-10-20(13-15-6-5-7-17(11-15)21-2)14-16-8-9-18(22-3)19-12-16/h4-9,11-12H,1,10,13-14H2,2-3H3. The van der Waals surface area contributed by atoms with Gasteiger partial charge in [0, 0.05) is 31.9 Å². The summed E-state index contributed by atoms with van der Waals surface area (Å²) < 4.78 is 10.4. The summed E-state index contributed by atoms with van der Waals surface area (Å²) in [6.07, 6.45) is 3.76. The predicted octanol–water partition coefficient (Wildman–Crippen LogP) is 3.29. The van der Waals surface area contributed by atoms with Gasteiger partial charge in [-0.15, -0.1) is 6.58 Å². The molecule has 1 heterocycles. The highest BCUT2D eigenvalue weighted by atomic mass is 16.5. The van der Waals surface area contributed by atoms with Crippen LogP contribution in [0.1, 0.15) is 11.1 Å². The number of benzene rings is 1. The fourth-order valence-corrected chi connectivity index (χ4v) is 2.28. The van der Waals surface area contributed by atoms with Gasteiger partial charge in [0.1, 0.15) is 5.75 Å². The Morgan fingerprint density at radius 2 is 1.91 bits per heavy atom. The average molecular weight is 298 g/mol. The van der Waals surface area contributed by atoms with Gasteiger partial charge in [-0.05, 0) is 23.3 Å². The van der Waals surface area contributed by atoms with E-state index in [1.165, 1.54) is 5.56 Å². The zero-order chi connectivity index (χ0) is 15.8. The van der Waals surface area contributed by atoms with Crippen molar-refractivity contribution >= 4 is 0 Å². The molecule has 22 heavy (non-hydrogen) atoms. The maximum absolute atomic E-state index is 5.28. The van der Waals surface area contributed by atoms with Crippen LogP contribution in [0.3, 0.4) is 0 Å². The van der Waals surface area contributed by atoms with E-state index in [4.69, 9.17) is 9.47 Å². The minimum atomic E-state index is 0.631. The van der Waals surface area contributed by atoms with Gasteiger partial charge in [0.2, 0.25) is 5.88 Å². The summed E-state index contributed by atoms with van der Waals surface area (Å²) in [4.78, 5) is 6.55. The third kappa shape index (κ3) is 4.60. The topological polar surface area (TPSA) is 34.6 Å². The molecule has 2 rings (SSSR count). The van der Waals surface area contributed by atoms with Gasteiger partial charge in [0.05, 0.1) is 14.2 Å². The SMILES string of the molecule is C=CCN(Cc1ccc(OC)nc1)Cc1cccc(OC)c1. The second-order valence-electron chi connectivity index (χ2n) is 5.02. The van der Waals surface area contributed by atoms with Crippen LogP contribution < -0.4 is 9.47 Å². The van der Waals surface area contributed by atoms with E-state index in [0.29, 0.717) is 5.88 Å². The molecule has 0 amide bonds. The molecule has 1 aromatic heterocycles. The molecule has 0 aliphatic heterocycles. The van der Waals surface area contributed by atoms with Gasteiger partial charge in [0.25, 0.3) is 0 Å². The fourth-order valence-electron chi connectivity index (χ4n) is 2.28. The van der Waals surface area contributed by atoms with Gasteiger partial charge in [-0.3, -0.25) is 4.90 Å². The van der Waals surface area contributed by atoms with Crippen molar-refractivity contribution in [1.82, 2.24) is 9.88 Å². The minimum absolute atomic E-state index is 0.631. The Morgan fingerprint density at radius 1 is 1.09 bits per heavy atom. The van der Waals surface area contributed by atoms with Gasteiger partial charge in [-0.2, -0.15) is 0 Å². The van der Waals surface area contributed by atoms with E-state index in [-0.39, 0.29) is 0 Å². The van der Waals surface area contributed by atoms with Gasteiger partial charge in [-0.1, -0.05) is 24.3 Å². The van der Waals surface area contributed by atoms with Crippen molar-refractivity contribution in [3.8, 4) is 11.6 Å². The Kier molecular flexibility index (Phi) is 5.98. The van der Waals surface area contributed by atoms with Gasteiger partial charge in [0.15, 0.2) is 0 Å². The minimum Gasteiger partial charge on any atom is -0.497 e. The van der Waals surface area contributed by atoms with Gasteiger partial charge >= 0.3 is 0 Å². The fraction of sp³-hybridized carbons (Fsp3) is 0.278. The summed E-state index contributed by atoms with van der Waals surface area (Å²) in [5.74, 6) is 1.51. The summed E-state index contributed by atoms with van der Waals surface area (Å²) in [7, 11) is 3.30. The van der Waals surface area contributed by atoms with E-state index in [0.717, 1.165) is 30.9 Å². The molecule has 0 fully saturated rings. The van der Waals surface area contributed by atoms with Crippen molar-refractivity contribution in [2.75, 3.05) is 20.8 Å². The highest BCUT2D eigenvalue weighted by molar-refractivity contribution is 5.28. The lowest BCUT2D eigenvalue weighted by Crippen LogP contribution is -2.22. The first kappa shape index (κ1) is 16.0. The first-order valence-electron chi connectivity index (χ1n) is 7.20. The number of methoxy groups -OCH3 is 2. The first-order valence-corrected chi connectivity index (χ1v) is 7.20. The number of ether oxygens (including phenoxy) is 2. The lowest BCUT2D eigenvalue weighted by atomic mass is 10.2. The van der Waals surface area contributed by atoms with Crippen LogP contribution >= 0.6 is 0 Å². The van der Waals surface area contributed by atoms with E-state index < -0.39 is 0 Å². The summed E-state index contributed by atoms with van der Waals surface area (Å²) in [6, 6.07) is 12.0. The van der Waals surface area contributed by atoms with Gasteiger partial charge < -0.3 is 9.47 Å². The Morgan fingerprint density at radius 3 is 2.55 bits per heavy atom. The molecule has 2 aromatic rings. The monoisotopic (exact) mass is 298 g/mol. The molecule has 0 atom stereocenters. The molecule has 0 bridgehead atoms. The van der Waals surface area contributed by atoms with Crippen molar-refractivity contribution in [3.63, 3.8) is 0 Å². The van der Waals surface area contributed by atoms with Crippen LogP contribution in [0, 0.1) is 0 Å². The molecule has 0 aliphatic rings. The smallest absolute Gasteiger partial charge is 0.212 e. The normalized spacial score (nSPS) is 10.5. The number of pyridine rings is 1. The van der Waals surface area contributed by atoms with Crippen LogP contribution in [0.2, 0.25) is 0 Å². The number of hydrogen-bond donors (Lipinski definition) is 0. The van der Waals surface area contributed by atoms with Crippen molar-refractivity contribution < 1.29 is 9.47 Å². The van der Waals surface area contributed by atoms with Crippen LogP contribution in [0.25, 0.3) is 0 Å². The second kappa shape index (κ2) is 8.20. The van der Waals surface area contributed by atoms with E-state index in [2.05, 4.69) is 28.6 Å². The third-order valence-electron chi connectivity index (χ3n) is 3.34. The van der Waals surface area contributed by atoms with Crippen LogP contribution in [0.5, 0.6) is 11.6 Å². The molecule has 4 nitrogen and oxygen atoms in total. The molecule has 0 spiro atoms. The molecule has 0 N–H and O–H groups in total. The number of rotatable bonds is 8. The van der Waals surface area contributed by atoms with Crippen molar-refractivity contribution in [1.29, 1.82) is 0 Å². The predicted molar refractivity (Wildman–Crippen MR) is 88.1 cm³/mol. The number of nitrogens with zero attached hydrogens (tertiary/aromatic N) is 2. The zero-order valence-corrected chi connectivity index (χ0v) is 13.2. The molecular weight excluding hydrogens is 276 g/mol. The maximum Gasteiger partial charge on any atom is 0.212 e. The van der Waals surface area contributed by atoms with Crippen LogP contribution in [0.15, 0.2) is 55.3 Å². The second-order valence-corrected chi connectivity index (χ2v) is 5.02. The molecule has 0 aliphatic carbocycles. The Hall–Kier alpha value is -2.33. The van der Waals surface area contributed by atoms with Crippen molar-refractivity contribution in [3.05, 3.63) is 66.4 Å². The quantitative estimate of drug-likeness (QED) is 0.700. The lowest BCUT2D eigenvalue weighted by molar-refractivity contribution is 0.285. The van der Waals surface area contributed by atoms with Crippen molar-refractivity contribution in [2.45, 2.75) is 13.1 Å². The maximum atomic E-state index is 5.28. The van der Waals surface area contributed by atoms with E-state index in [1.54, 1.807) is 14.2 Å². The van der Waals surface area contributed by atoms with E-state index >= 15 is 0 Å². The molecule has 0 saturated heterocycles. The summed E-state index contributed by atoms with van der Waals surface area (Å²) in [5, 5.41) is 0. The largest absolute Gasteiger partial charge is 0.497 e. The van der Waals surface area contributed by atoms with Gasteiger partial charge in [-0.25, -0.2) is 4.98 Å². The lowest BCUT2D eigenvalue weighted by Gasteiger charge is -2.21. The zero-order valence-electron chi connectivity index (χ0n) is 13.2. The third-order valence-corrected chi connectivity index (χ3v) is 3.34. The molecule has 0 unspecified atom stereocenters. The van der Waals surface area contributed by atoms with Crippen molar-refractivity contribution in [2.24, 2.45) is 0 Å². The van der Waals surface area contributed by atoms with Crippen LogP contribution in [-0.4, -0.2) is 30.6 Å². The van der Waals surface area contributed by atoms with Crippen LogP contribution in [0.4, 0.5) is 0 Å². The molecule has 0 saturated carbocycles. The summed E-state index contributed by atoms with van der Waals surface area (Å²) in [5.41, 5.74) is 2.35. The Balaban J connectivity index is 2.06. The number of aromatic nitrogens is 1. The van der Waals surface area contributed by atoms with E-state index in [9.17, 15) is 0 Å². The Bertz CT molecular complexity index is 596. The molecule has 4 heteroatoms. The Labute approximate surface area is 132 Å².